The molecule has 1 aliphatic heterocycles. The predicted octanol–water partition coefficient (Wildman–Crippen LogP) is 6.37. The SMILES string of the molecule is NC[C@H](Cc1ccccc1)NC[C@@H]1CCCN1C[C@H](Cc1ccccc1)NC[C@H](Cc1ccccc1)NCCCC1CCCCC1. The van der Waals surface area contributed by atoms with Gasteiger partial charge in [0, 0.05) is 50.3 Å². The molecule has 0 amide bonds. The van der Waals surface area contributed by atoms with Crippen LogP contribution in [0.15, 0.2) is 91.0 Å². The standard InChI is InChI=1S/C41H61N5/c42-30-38(27-35-17-7-2-8-18-35)45-32-41-24-14-26-46(41)33-40(29-37-21-11-4-12-22-37)44-31-39(28-36-19-9-3-10-20-36)43-25-13-23-34-15-5-1-6-16-34/h2-4,7-12,17-22,34,38-41,43-45H,1,5-6,13-16,23-33,42H2/t38-,39-,40-,41-/m0/s1. The number of hydrogen-bond acceptors (Lipinski definition) is 5. The van der Waals surface area contributed by atoms with Crippen molar-refractivity contribution in [1.82, 2.24) is 20.9 Å². The van der Waals surface area contributed by atoms with Gasteiger partial charge in [0.15, 0.2) is 0 Å². The molecule has 3 aromatic carbocycles. The lowest BCUT2D eigenvalue weighted by atomic mass is 9.86. The van der Waals surface area contributed by atoms with Crippen molar-refractivity contribution in [3.05, 3.63) is 108 Å². The van der Waals surface area contributed by atoms with Gasteiger partial charge in [-0.25, -0.2) is 0 Å². The van der Waals surface area contributed by atoms with E-state index in [0.717, 1.165) is 51.4 Å². The van der Waals surface area contributed by atoms with E-state index in [1.165, 1.54) is 81.0 Å². The van der Waals surface area contributed by atoms with Crippen molar-refractivity contribution in [2.75, 3.05) is 39.3 Å². The third kappa shape index (κ3) is 12.2. The first kappa shape index (κ1) is 34.8. The van der Waals surface area contributed by atoms with Crippen LogP contribution in [0.5, 0.6) is 0 Å². The van der Waals surface area contributed by atoms with E-state index in [4.69, 9.17) is 5.73 Å². The molecule has 3 aromatic rings. The molecular weight excluding hydrogens is 562 g/mol. The van der Waals surface area contributed by atoms with Crippen LogP contribution >= 0.6 is 0 Å². The lowest BCUT2D eigenvalue weighted by Crippen LogP contribution is -2.51. The molecule has 4 atom stereocenters. The molecule has 1 heterocycles. The quantitative estimate of drug-likeness (QED) is 0.110. The molecule has 5 rings (SSSR count). The number of nitrogens with zero attached hydrogens (tertiary/aromatic N) is 1. The second-order valence-corrected chi connectivity index (χ2v) is 14.1. The second-order valence-electron chi connectivity index (χ2n) is 14.1. The summed E-state index contributed by atoms with van der Waals surface area (Å²) in [6, 6.07) is 34.6. The molecule has 2 aliphatic rings. The van der Waals surface area contributed by atoms with Gasteiger partial charge in [-0.15, -0.1) is 0 Å². The molecule has 0 radical (unpaired) electrons. The van der Waals surface area contributed by atoms with Crippen LogP contribution in [0.25, 0.3) is 0 Å². The molecule has 5 heteroatoms. The van der Waals surface area contributed by atoms with Gasteiger partial charge in [-0.2, -0.15) is 0 Å². The molecule has 2 fully saturated rings. The summed E-state index contributed by atoms with van der Waals surface area (Å²) in [5.41, 5.74) is 10.4. The van der Waals surface area contributed by atoms with Gasteiger partial charge in [0.25, 0.3) is 0 Å². The molecule has 0 aromatic heterocycles. The van der Waals surface area contributed by atoms with E-state index in [0.29, 0.717) is 30.7 Å². The molecule has 1 aliphatic carbocycles. The van der Waals surface area contributed by atoms with E-state index in [2.05, 4.69) is 112 Å². The van der Waals surface area contributed by atoms with Crippen molar-refractivity contribution in [3.63, 3.8) is 0 Å². The van der Waals surface area contributed by atoms with Crippen molar-refractivity contribution in [2.24, 2.45) is 11.7 Å². The fourth-order valence-electron chi connectivity index (χ4n) is 7.79. The molecular formula is C41H61N5. The lowest BCUT2D eigenvalue weighted by Gasteiger charge is -2.32. The van der Waals surface area contributed by atoms with Gasteiger partial charge in [-0.05, 0) is 80.6 Å². The molecule has 1 saturated carbocycles. The zero-order valence-electron chi connectivity index (χ0n) is 28.3. The Kier molecular flexibility index (Phi) is 15.1. The Hall–Kier alpha value is -2.54. The molecule has 0 bridgehead atoms. The Labute approximate surface area is 280 Å². The predicted molar refractivity (Wildman–Crippen MR) is 195 cm³/mol. The van der Waals surface area contributed by atoms with Crippen LogP contribution < -0.4 is 21.7 Å². The minimum Gasteiger partial charge on any atom is -0.329 e. The first-order valence-corrected chi connectivity index (χ1v) is 18.5. The first-order valence-electron chi connectivity index (χ1n) is 18.5. The smallest absolute Gasteiger partial charge is 0.0236 e. The van der Waals surface area contributed by atoms with Crippen molar-refractivity contribution in [1.29, 1.82) is 0 Å². The summed E-state index contributed by atoms with van der Waals surface area (Å²) in [6.07, 6.45) is 15.5. The van der Waals surface area contributed by atoms with E-state index in [1.54, 1.807) is 0 Å². The van der Waals surface area contributed by atoms with Gasteiger partial charge in [0.1, 0.15) is 0 Å². The minimum atomic E-state index is 0.311. The van der Waals surface area contributed by atoms with Crippen molar-refractivity contribution in [3.8, 4) is 0 Å². The monoisotopic (exact) mass is 623 g/mol. The maximum Gasteiger partial charge on any atom is 0.0236 e. The van der Waals surface area contributed by atoms with Crippen LogP contribution in [0.4, 0.5) is 0 Å². The number of nitrogens with two attached hydrogens (primary N) is 1. The molecule has 5 nitrogen and oxygen atoms in total. The normalized spacial score (nSPS) is 19.6. The van der Waals surface area contributed by atoms with Gasteiger partial charge in [-0.3, -0.25) is 4.90 Å². The third-order valence-electron chi connectivity index (χ3n) is 10.5. The van der Waals surface area contributed by atoms with E-state index in [-0.39, 0.29) is 0 Å². The van der Waals surface area contributed by atoms with Crippen LogP contribution in [-0.2, 0) is 19.3 Å². The first-order chi connectivity index (χ1) is 22.7. The van der Waals surface area contributed by atoms with Gasteiger partial charge in [0.2, 0.25) is 0 Å². The highest BCUT2D eigenvalue weighted by Gasteiger charge is 2.28. The van der Waals surface area contributed by atoms with Crippen molar-refractivity contribution >= 4 is 0 Å². The molecule has 0 spiro atoms. The molecule has 0 unspecified atom stereocenters. The van der Waals surface area contributed by atoms with Crippen LogP contribution in [-0.4, -0.2) is 68.3 Å². The minimum absolute atomic E-state index is 0.311. The second kappa shape index (κ2) is 20.0. The van der Waals surface area contributed by atoms with Crippen LogP contribution in [0.1, 0.15) is 74.5 Å². The molecule has 5 N–H and O–H groups in total. The number of rotatable bonds is 20. The Morgan fingerprint density at radius 2 is 1.22 bits per heavy atom. The average molecular weight is 624 g/mol. The van der Waals surface area contributed by atoms with Gasteiger partial charge < -0.3 is 21.7 Å². The van der Waals surface area contributed by atoms with E-state index < -0.39 is 0 Å². The summed E-state index contributed by atoms with van der Waals surface area (Å²) in [4.78, 5) is 2.74. The van der Waals surface area contributed by atoms with Gasteiger partial charge in [0.05, 0.1) is 0 Å². The Bertz CT molecular complexity index is 1180. The number of hydrogen-bond donors (Lipinski definition) is 4. The van der Waals surface area contributed by atoms with E-state index in [9.17, 15) is 0 Å². The fourth-order valence-corrected chi connectivity index (χ4v) is 7.79. The topological polar surface area (TPSA) is 65.3 Å². The molecule has 250 valence electrons. The Balaban J connectivity index is 1.17. The highest BCUT2D eigenvalue weighted by molar-refractivity contribution is 5.18. The zero-order chi connectivity index (χ0) is 31.7. The summed E-state index contributed by atoms with van der Waals surface area (Å²) < 4.78 is 0. The summed E-state index contributed by atoms with van der Waals surface area (Å²) >= 11 is 0. The third-order valence-corrected chi connectivity index (χ3v) is 10.5. The fraction of sp³-hybridized carbons (Fsp3) is 0.561. The Morgan fingerprint density at radius 3 is 1.83 bits per heavy atom. The number of nitrogens with one attached hydrogen (secondary N) is 3. The molecule has 46 heavy (non-hydrogen) atoms. The number of likely N-dealkylation sites (tertiary alicyclic amines) is 1. The average Bonchev–Trinajstić information content (AvgIpc) is 3.55. The van der Waals surface area contributed by atoms with Crippen LogP contribution in [0.3, 0.4) is 0 Å². The molecule has 1 saturated heterocycles. The summed E-state index contributed by atoms with van der Waals surface area (Å²) in [5.74, 6) is 0.956. The summed E-state index contributed by atoms with van der Waals surface area (Å²) in [5, 5.41) is 11.9. The maximum atomic E-state index is 6.22. The van der Waals surface area contributed by atoms with Crippen molar-refractivity contribution < 1.29 is 0 Å². The summed E-state index contributed by atoms with van der Waals surface area (Å²) in [7, 11) is 0. The van der Waals surface area contributed by atoms with Crippen LogP contribution in [0.2, 0.25) is 0 Å². The largest absolute Gasteiger partial charge is 0.329 e. The van der Waals surface area contributed by atoms with E-state index >= 15 is 0 Å². The highest BCUT2D eigenvalue weighted by atomic mass is 15.2. The zero-order valence-corrected chi connectivity index (χ0v) is 28.3. The van der Waals surface area contributed by atoms with Crippen LogP contribution in [0, 0.1) is 5.92 Å². The maximum absolute atomic E-state index is 6.22. The lowest BCUT2D eigenvalue weighted by molar-refractivity contribution is 0.213. The van der Waals surface area contributed by atoms with E-state index in [1.807, 2.05) is 0 Å². The number of benzene rings is 3. The van der Waals surface area contributed by atoms with Gasteiger partial charge in [-0.1, -0.05) is 123 Å². The van der Waals surface area contributed by atoms with Crippen molar-refractivity contribution in [2.45, 2.75) is 101 Å². The Morgan fingerprint density at radius 1 is 0.630 bits per heavy atom. The van der Waals surface area contributed by atoms with Gasteiger partial charge >= 0.3 is 0 Å². The highest BCUT2D eigenvalue weighted by Crippen LogP contribution is 2.27. The summed E-state index contributed by atoms with van der Waals surface area (Å²) in [6.45, 7) is 6.02.